The van der Waals surface area contributed by atoms with Crippen LogP contribution in [-0.2, 0) is 24.2 Å². The third-order valence-electron chi connectivity index (χ3n) is 5.61. The number of carbonyl (C=O) groups excluding carboxylic acids is 1. The highest BCUT2D eigenvalue weighted by atomic mass is 35.5. The zero-order valence-electron chi connectivity index (χ0n) is 19.1. The molecule has 3 heterocycles. The highest BCUT2D eigenvalue weighted by molar-refractivity contribution is 7.59. The monoisotopic (exact) mass is 528 g/mol. The number of hydrogen-bond acceptors (Lipinski definition) is 6. The molecule has 35 heavy (non-hydrogen) atoms. The second-order valence-electron chi connectivity index (χ2n) is 8.09. The number of nitrogens with one attached hydrogen (secondary N) is 1. The molecule has 4 rings (SSSR count). The number of pyridine rings is 1. The minimum Gasteiger partial charge on any atom is -0.404 e. The molecule has 3 aromatic rings. The lowest BCUT2D eigenvalue weighted by Gasteiger charge is -2.34. The van der Waals surface area contributed by atoms with Gasteiger partial charge in [0, 0.05) is 18.9 Å². The molecule has 0 bridgehead atoms. The maximum absolute atomic E-state index is 12.5. The fourth-order valence-corrected chi connectivity index (χ4v) is 3.87. The first-order valence-electron chi connectivity index (χ1n) is 10.5. The number of halogens is 4. The number of likely N-dealkylation sites (N-methyl/N-ethyl adjacent to an activating group) is 1. The van der Waals surface area contributed by atoms with Crippen LogP contribution in [0.25, 0.3) is 0 Å². The molecule has 188 valence electrons. The SMILES string of the molecule is Cc1nc(CCc2cn(Cc3ccc(Cl)c(OC(F)(F)F)c3)nn2)cc2c1NC(=O)[C@H](C)N2C.S. The van der Waals surface area contributed by atoms with Gasteiger partial charge in [0.1, 0.15) is 11.8 Å². The highest BCUT2D eigenvalue weighted by Crippen LogP contribution is 2.34. The number of ether oxygens (including phenoxy) is 1. The number of rotatable bonds is 6. The Hall–Kier alpha value is -2.99. The summed E-state index contributed by atoms with van der Waals surface area (Å²) >= 11 is 5.80. The number of benzene rings is 1. The number of carbonyl (C=O) groups is 1. The minimum absolute atomic E-state index is 0. The zero-order chi connectivity index (χ0) is 24.6. The van der Waals surface area contributed by atoms with E-state index in [1.807, 2.05) is 31.9 Å². The molecule has 1 N–H and O–H groups in total. The second kappa shape index (κ2) is 10.3. The zero-order valence-corrected chi connectivity index (χ0v) is 20.9. The molecule has 2 aromatic heterocycles. The van der Waals surface area contributed by atoms with E-state index in [0.29, 0.717) is 24.1 Å². The molecule has 0 saturated carbocycles. The average molecular weight is 529 g/mol. The fraction of sp³-hybridized carbons (Fsp3) is 0.364. The molecular weight excluding hydrogens is 505 g/mol. The van der Waals surface area contributed by atoms with Crippen LogP contribution in [0.2, 0.25) is 5.02 Å². The van der Waals surface area contributed by atoms with Crippen LogP contribution >= 0.6 is 25.1 Å². The fourth-order valence-electron chi connectivity index (χ4n) is 3.71. The van der Waals surface area contributed by atoms with Crippen molar-refractivity contribution in [2.24, 2.45) is 0 Å². The Labute approximate surface area is 211 Å². The van der Waals surface area contributed by atoms with Crippen LogP contribution in [-0.4, -0.2) is 45.3 Å². The average Bonchev–Trinajstić information content (AvgIpc) is 3.20. The highest BCUT2D eigenvalue weighted by Gasteiger charge is 2.32. The van der Waals surface area contributed by atoms with Crippen molar-refractivity contribution in [3.05, 3.63) is 58.1 Å². The largest absolute Gasteiger partial charge is 0.573 e. The van der Waals surface area contributed by atoms with Crippen molar-refractivity contribution in [1.29, 1.82) is 0 Å². The van der Waals surface area contributed by atoms with Gasteiger partial charge in [-0.1, -0.05) is 22.9 Å². The van der Waals surface area contributed by atoms with Crippen LogP contribution < -0.4 is 15.0 Å². The quantitative estimate of drug-likeness (QED) is 0.515. The van der Waals surface area contributed by atoms with Crippen LogP contribution in [0.4, 0.5) is 24.5 Å². The van der Waals surface area contributed by atoms with E-state index in [-0.39, 0.29) is 37.0 Å². The van der Waals surface area contributed by atoms with Gasteiger partial charge in [0.2, 0.25) is 5.91 Å². The topological polar surface area (TPSA) is 85.2 Å². The molecule has 0 radical (unpaired) electrons. The van der Waals surface area contributed by atoms with E-state index < -0.39 is 12.1 Å². The maximum atomic E-state index is 12.5. The number of aromatic nitrogens is 4. The van der Waals surface area contributed by atoms with E-state index in [1.54, 1.807) is 12.3 Å². The van der Waals surface area contributed by atoms with Crippen molar-refractivity contribution in [2.45, 2.75) is 45.6 Å². The summed E-state index contributed by atoms with van der Waals surface area (Å²) in [6, 6.07) is 5.85. The number of nitrogens with zero attached hydrogens (tertiary/aromatic N) is 5. The first-order chi connectivity index (χ1) is 16.0. The molecule has 0 spiro atoms. The van der Waals surface area contributed by atoms with E-state index >= 15 is 0 Å². The maximum Gasteiger partial charge on any atom is 0.573 e. The van der Waals surface area contributed by atoms with E-state index in [0.717, 1.165) is 22.8 Å². The molecule has 0 unspecified atom stereocenters. The van der Waals surface area contributed by atoms with Crippen molar-refractivity contribution in [1.82, 2.24) is 20.0 Å². The molecule has 0 aliphatic carbocycles. The van der Waals surface area contributed by atoms with Gasteiger partial charge in [0.25, 0.3) is 0 Å². The lowest BCUT2D eigenvalue weighted by atomic mass is 10.1. The van der Waals surface area contributed by atoms with Crippen molar-refractivity contribution >= 4 is 42.4 Å². The first kappa shape index (κ1) is 26.6. The molecule has 13 heteroatoms. The van der Waals surface area contributed by atoms with Gasteiger partial charge in [0.15, 0.2) is 0 Å². The molecule has 0 fully saturated rings. The van der Waals surface area contributed by atoms with Gasteiger partial charge in [-0.05, 0) is 50.5 Å². The lowest BCUT2D eigenvalue weighted by molar-refractivity contribution is -0.274. The van der Waals surface area contributed by atoms with Crippen molar-refractivity contribution in [3.63, 3.8) is 0 Å². The van der Waals surface area contributed by atoms with Gasteiger partial charge in [-0.25, -0.2) is 4.68 Å². The molecule has 1 atom stereocenters. The molecule has 1 aliphatic rings. The normalized spacial score (nSPS) is 15.3. The Balaban J connectivity index is 0.00000342. The van der Waals surface area contributed by atoms with Gasteiger partial charge in [-0.15, -0.1) is 18.3 Å². The smallest absolute Gasteiger partial charge is 0.404 e. The summed E-state index contributed by atoms with van der Waals surface area (Å²) in [5.41, 5.74) is 4.48. The van der Waals surface area contributed by atoms with E-state index in [9.17, 15) is 18.0 Å². The Morgan fingerprint density at radius 2 is 1.91 bits per heavy atom. The molecule has 1 aliphatic heterocycles. The predicted molar refractivity (Wildman–Crippen MR) is 131 cm³/mol. The predicted octanol–water partition coefficient (Wildman–Crippen LogP) is 4.26. The number of amides is 1. The van der Waals surface area contributed by atoms with Crippen molar-refractivity contribution < 1.29 is 22.7 Å². The summed E-state index contributed by atoms with van der Waals surface area (Å²) in [5, 5.41) is 11.0. The number of hydrogen-bond donors (Lipinski definition) is 1. The van der Waals surface area contributed by atoms with Gasteiger partial charge in [-0.2, -0.15) is 13.5 Å². The van der Waals surface area contributed by atoms with Gasteiger partial charge in [0.05, 0.1) is 34.3 Å². The standard InChI is InChI=1S/C22H22ClF3N6O2.H2S/c1-12-20-18(31(3)13(2)21(33)28-20)9-15(27-12)5-6-16-11-32(30-29-16)10-14-4-7-17(23)19(8-14)34-22(24,25)26;/h4,7-9,11,13H,5-6,10H2,1-3H3,(H,28,33);1H2/t13-;/m0./s1. The number of anilines is 2. The molecule has 0 saturated heterocycles. The minimum atomic E-state index is -4.83. The molecular formula is C22H24ClF3N6O2S. The third-order valence-corrected chi connectivity index (χ3v) is 5.92. The van der Waals surface area contributed by atoms with E-state index in [2.05, 4.69) is 25.3 Å². The van der Waals surface area contributed by atoms with Crippen LogP contribution in [0.5, 0.6) is 5.75 Å². The van der Waals surface area contributed by atoms with Crippen LogP contribution in [0.3, 0.4) is 0 Å². The Kier molecular flexibility index (Phi) is 7.85. The van der Waals surface area contributed by atoms with Crippen LogP contribution in [0.1, 0.15) is 29.6 Å². The summed E-state index contributed by atoms with van der Waals surface area (Å²) in [5.74, 6) is -0.529. The third kappa shape index (κ3) is 6.17. The summed E-state index contributed by atoms with van der Waals surface area (Å²) in [6.45, 7) is 3.90. The van der Waals surface area contributed by atoms with Crippen molar-refractivity contribution in [2.75, 3.05) is 17.3 Å². The second-order valence-corrected chi connectivity index (χ2v) is 8.50. The van der Waals surface area contributed by atoms with Crippen molar-refractivity contribution in [3.8, 4) is 5.75 Å². The number of aryl methyl sites for hydroxylation is 3. The number of alkyl halides is 3. The van der Waals surface area contributed by atoms with Crippen LogP contribution in [0.15, 0.2) is 30.5 Å². The van der Waals surface area contributed by atoms with Gasteiger partial charge < -0.3 is 15.0 Å². The first-order valence-corrected chi connectivity index (χ1v) is 10.9. The Bertz CT molecular complexity index is 1240. The van der Waals surface area contributed by atoms with Gasteiger partial charge in [-0.3, -0.25) is 9.78 Å². The van der Waals surface area contributed by atoms with E-state index in [4.69, 9.17) is 11.6 Å². The molecule has 8 nitrogen and oxygen atoms in total. The summed E-state index contributed by atoms with van der Waals surface area (Å²) in [6.07, 6.45) is -1.92. The Morgan fingerprint density at radius 3 is 2.63 bits per heavy atom. The summed E-state index contributed by atoms with van der Waals surface area (Å²) in [4.78, 5) is 18.6. The number of fused-ring (bicyclic) bond motifs is 1. The summed E-state index contributed by atoms with van der Waals surface area (Å²) in [7, 11) is 1.87. The lowest BCUT2D eigenvalue weighted by Crippen LogP contribution is -2.44. The molecule has 1 amide bonds. The molecule has 1 aromatic carbocycles. The summed E-state index contributed by atoms with van der Waals surface area (Å²) < 4.78 is 43.1. The van der Waals surface area contributed by atoms with E-state index in [1.165, 1.54) is 16.8 Å². The van der Waals surface area contributed by atoms with Gasteiger partial charge >= 0.3 is 6.36 Å². The van der Waals surface area contributed by atoms with Crippen LogP contribution in [0, 0.1) is 6.92 Å². The Morgan fingerprint density at radius 1 is 1.20 bits per heavy atom.